The first-order chi connectivity index (χ1) is 9.26. The van der Waals surface area contributed by atoms with Crippen LogP contribution in [0.25, 0.3) is 0 Å². The number of nitrogens with one attached hydrogen (secondary N) is 1. The van der Waals surface area contributed by atoms with Crippen LogP contribution < -0.4 is 16.0 Å². The highest BCUT2D eigenvalue weighted by Gasteiger charge is 2.30. The predicted molar refractivity (Wildman–Crippen MR) is 72.8 cm³/mol. The van der Waals surface area contributed by atoms with Crippen LogP contribution in [0.2, 0.25) is 0 Å². The molecular formula is C13H20N4O2. The first-order valence-corrected chi connectivity index (χ1v) is 6.54. The normalized spacial score (nSPS) is 19.3. The van der Waals surface area contributed by atoms with Gasteiger partial charge in [-0.15, -0.1) is 0 Å². The van der Waals surface area contributed by atoms with Gasteiger partial charge in [0.15, 0.2) is 0 Å². The first-order valence-electron chi connectivity index (χ1n) is 6.54. The van der Waals surface area contributed by atoms with E-state index in [2.05, 4.69) is 10.3 Å². The minimum Gasteiger partial charge on any atom is -0.377 e. The topological polar surface area (TPSA) is 80.5 Å². The molecule has 1 aromatic heterocycles. The van der Waals surface area contributed by atoms with Crippen molar-refractivity contribution in [2.45, 2.75) is 19.5 Å². The van der Waals surface area contributed by atoms with Crippen molar-refractivity contribution in [2.24, 2.45) is 5.73 Å². The number of nitrogens with two attached hydrogens (primary N) is 1. The maximum absolute atomic E-state index is 12.1. The highest BCUT2D eigenvalue weighted by atomic mass is 16.5. The van der Waals surface area contributed by atoms with Crippen LogP contribution >= 0.6 is 0 Å². The number of rotatable bonds is 4. The Morgan fingerprint density at radius 2 is 2.47 bits per heavy atom. The molecule has 1 aromatic rings. The standard InChI is InChI=1S/C13H20N4O2/c1-2-15-13(18)11-9-19-7-6-17(11)12-5-3-4-10(8-14)16-12/h3-5,11H,2,6-9,14H2,1H3,(H,15,18). The van der Waals surface area contributed by atoms with E-state index in [1.54, 1.807) is 0 Å². The van der Waals surface area contributed by atoms with Crippen LogP contribution in [0, 0.1) is 0 Å². The van der Waals surface area contributed by atoms with Gasteiger partial charge in [0.1, 0.15) is 11.9 Å². The molecular weight excluding hydrogens is 244 g/mol. The van der Waals surface area contributed by atoms with Crippen molar-refractivity contribution >= 4 is 11.7 Å². The maximum atomic E-state index is 12.1. The number of nitrogens with zero attached hydrogens (tertiary/aromatic N) is 2. The van der Waals surface area contributed by atoms with E-state index in [0.29, 0.717) is 32.8 Å². The monoisotopic (exact) mass is 264 g/mol. The van der Waals surface area contributed by atoms with Crippen molar-refractivity contribution in [2.75, 3.05) is 31.2 Å². The summed E-state index contributed by atoms with van der Waals surface area (Å²) in [6.45, 7) is 4.55. The second-order valence-electron chi connectivity index (χ2n) is 4.37. The largest absolute Gasteiger partial charge is 0.377 e. The summed E-state index contributed by atoms with van der Waals surface area (Å²) in [6.07, 6.45) is 0. The van der Waals surface area contributed by atoms with Crippen LogP contribution in [-0.4, -0.2) is 43.2 Å². The Labute approximate surface area is 112 Å². The number of carbonyl (C=O) groups excluding carboxylic acids is 1. The molecule has 6 heteroatoms. The Balaban J connectivity index is 2.20. The molecule has 0 aromatic carbocycles. The molecule has 0 bridgehead atoms. The minimum atomic E-state index is -0.325. The average molecular weight is 264 g/mol. The SMILES string of the molecule is CCNC(=O)C1COCCN1c1cccc(CN)n1. The van der Waals surface area contributed by atoms with E-state index >= 15 is 0 Å². The van der Waals surface area contributed by atoms with Crippen molar-refractivity contribution in [3.05, 3.63) is 23.9 Å². The van der Waals surface area contributed by atoms with Gasteiger partial charge in [0.25, 0.3) is 0 Å². The van der Waals surface area contributed by atoms with Crippen molar-refractivity contribution in [1.29, 1.82) is 0 Å². The molecule has 19 heavy (non-hydrogen) atoms. The summed E-state index contributed by atoms with van der Waals surface area (Å²) in [7, 11) is 0. The highest BCUT2D eigenvalue weighted by Crippen LogP contribution is 2.18. The molecule has 0 radical (unpaired) electrons. The lowest BCUT2D eigenvalue weighted by atomic mass is 10.2. The zero-order valence-electron chi connectivity index (χ0n) is 11.1. The molecule has 1 unspecified atom stereocenters. The number of aromatic nitrogens is 1. The molecule has 1 fully saturated rings. The number of ether oxygens (including phenoxy) is 1. The molecule has 0 saturated carbocycles. The van der Waals surface area contributed by atoms with Gasteiger partial charge in [0, 0.05) is 19.6 Å². The fourth-order valence-corrected chi connectivity index (χ4v) is 2.13. The molecule has 3 N–H and O–H groups in total. The van der Waals surface area contributed by atoms with Gasteiger partial charge < -0.3 is 20.7 Å². The summed E-state index contributed by atoms with van der Waals surface area (Å²) in [5.74, 6) is 0.754. The molecule has 0 spiro atoms. The summed E-state index contributed by atoms with van der Waals surface area (Å²) in [4.78, 5) is 18.5. The molecule has 1 saturated heterocycles. The van der Waals surface area contributed by atoms with Gasteiger partial charge in [-0.2, -0.15) is 0 Å². The fraction of sp³-hybridized carbons (Fsp3) is 0.538. The number of pyridine rings is 1. The quantitative estimate of drug-likeness (QED) is 0.792. The predicted octanol–water partition coefficient (Wildman–Crippen LogP) is -0.118. The van der Waals surface area contributed by atoms with Crippen LogP contribution in [0.3, 0.4) is 0 Å². The average Bonchev–Trinajstić information content (AvgIpc) is 2.47. The summed E-state index contributed by atoms with van der Waals surface area (Å²) >= 11 is 0. The second kappa shape index (κ2) is 6.49. The summed E-state index contributed by atoms with van der Waals surface area (Å²) in [5, 5.41) is 2.83. The van der Waals surface area contributed by atoms with Gasteiger partial charge >= 0.3 is 0 Å². The van der Waals surface area contributed by atoms with E-state index in [-0.39, 0.29) is 11.9 Å². The number of morpholine rings is 1. The molecule has 2 rings (SSSR count). The number of likely N-dealkylation sites (N-methyl/N-ethyl adjacent to an activating group) is 1. The third kappa shape index (κ3) is 3.21. The van der Waals surface area contributed by atoms with E-state index < -0.39 is 0 Å². The van der Waals surface area contributed by atoms with Crippen molar-refractivity contribution in [3.63, 3.8) is 0 Å². The van der Waals surface area contributed by atoms with Gasteiger partial charge in [0.05, 0.1) is 18.9 Å². The lowest BCUT2D eigenvalue weighted by Crippen LogP contribution is -2.54. The highest BCUT2D eigenvalue weighted by molar-refractivity contribution is 5.85. The Hall–Kier alpha value is -1.66. The Morgan fingerprint density at radius 1 is 1.63 bits per heavy atom. The Kier molecular flexibility index (Phi) is 4.70. The molecule has 2 heterocycles. The fourth-order valence-electron chi connectivity index (χ4n) is 2.13. The van der Waals surface area contributed by atoms with Crippen molar-refractivity contribution in [3.8, 4) is 0 Å². The van der Waals surface area contributed by atoms with E-state index in [1.165, 1.54) is 0 Å². The van der Waals surface area contributed by atoms with Gasteiger partial charge in [-0.25, -0.2) is 4.98 Å². The number of hydrogen-bond donors (Lipinski definition) is 2. The van der Waals surface area contributed by atoms with Gasteiger partial charge in [-0.3, -0.25) is 4.79 Å². The number of anilines is 1. The Bertz CT molecular complexity index is 438. The lowest BCUT2D eigenvalue weighted by Gasteiger charge is -2.35. The Morgan fingerprint density at radius 3 is 3.21 bits per heavy atom. The molecule has 6 nitrogen and oxygen atoms in total. The zero-order valence-corrected chi connectivity index (χ0v) is 11.1. The van der Waals surface area contributed by atoms with Gasteiger partial charge in [-0.05, 0) is 19.1 Å². The van der Waals surface area contributed by atoms with Crippen molar-refractivity contribution in [1.82, 2.24) is 10.3 Å². The van der Waals surface area contributed by atoms with Crippen LogP contribution in [0.1, 0.15) is 12.6 Å². The van der Waals surface area contributed by atoms with E-state index in [4.69, 9.17) is 10.5 Å². The maximum Gasteiger partial charge on any atom is 0.245 e. The molecule has 104 valence electrons. The van der Waals surface area contributed by atoms with Gasteiger partial charge in [0.2, 0.25) is 5.91 Å². The lowest BCUT2D eigenvalue weighted by molar-refractivity contribution is -0.124. The van der Waals surface area contributed by atoms with Crippen LogP contribution in [0.5, 0.6) is 0 Å². The number of amides is 1. The minimum absolute atomic E-state index is 0.0258. The number of carbonyl (C=O) groups is 1. The molecule has 1 aliphatic rings. The molecule has 1 aliphatic heterocycles. The first kappa shape index (κ1) is 13.8. The van der Waals surface area contributed by atoms with Gasteiger partial charge in [-0.1, -0.05) is 6.07 Å². The zero-order chi connectivity index (χ0) is 13.7. The van der Waals surface area contributed by atoms with Crippen LogP contribution in [-0.2, 0) is 16.1 Å². The third-order valence-electron chi connectivity index (χ3n) is 3.08. The van der Waals surface area contributed by atoms with Crippen LogP contribution in [0.4, 0.5) is 5.82 Å². The van der Waals surface area contributed by atoms with Crippen molar-refractivity contribution < 1.29 is 9.53 Å². The smallest absolute Gasteiger partial charge is 0.245 e. The third-order valence-corrected chi connectivity index (χ3v) is 3.08. The number of hydrogen-bond acceptors (Lipinski definition) is 5. The second-order valence-corrected chi connectivity index (χ2v) is 4.37. The summed E-state index contributed by atoms with van der Waals surface area (Å²) in [5.41, 5.74) is 6.42. The summed E-state index contributed by atoms with van der Waals surface area (Å²) in [6, 6.07) is 5.37. The van der Waals surface area contributed by atoms with E-state index in [1.807, 2.05) is 30.0 Å². The molecule has 0 aliphatic carbocycles. The summed E-state index contributed by atoms with van der Waals surface area (Å²) < 4.78 is 5.40. The molecule has 1 amide bonds. The van der Waals surface area contributed by atoms with E-state index in [9.17, 15) is 4.79 Å². The van der Waals surface area contributed by atoms with Crippen LogP contribution in [0.15, 0.2) is 18.2 Å². The van der Waals surface area contributed by atoms with E-state index in [0.717, 1.165) is 11.5 Å². The molecule has 1 atom stereocenters.